The second-order valence-electron chi connectivity index (χ2n) is 8.40. The first-order valence-corrected chi connectivity index (χ1v) is 10.5. The zero-order valence-electron chi connectivity index (χ0n) is 17.8. The second kappa shape index (κ2) is 7.54. The lowest BCUT2D eigenvalue weighted by atomic mass is 9.92. The van der Waals surface area contributed by atoms with Crippen molar-refractivity contribution < 1.29 is 14.0 Å². The second-order valence-corrected chi connectivity index (χ2v) is 8.84. The van der Waals surface area contributed by atoms with E-state index in [4.69, 9.17) is 16.0 Å². The maximum Gasteiger partial charge on any atom is 0.336 e. The van der Waals surface area contributed by atoms with Crippen molar-refractivity contribution in [2.24, 2.45) is 0 Å². The molecule has 1 aliphatic heterocycles. The van der Waals surface area contributed by atoms with Gasteiger partial charge >= 0.3 is 11.7 Å². The molecule has 3 amide bonds. The normalized spacial score (nSPS) is 18.8. The van der Waals surface area contributed by atoms with Crippen LogP contribution in [0.15, 0.2) is 51.7 Å². The Labute approximate surface area is 184 Å². The van der Waals surface area contributed by atoms with Crippen LogP contribution in [0.25, 0.3) is 11.0 Å². The van der Waals surface area contributed by atoms with Crippen molar-refractivity contribution >= 4 is 34.5 Å². The number of amides is 3. The van der Waals surface area contributed by atoms with Gasteiger partial charge in [0.05, 0.1) is 6.54 Å². The third-order valence-electron chi connectivity index (χ3n) is 5.86. The molecule has 1 fully saturated rings. The lowest BCUT2D eigenvalue weighted by Gasteiger charge is -2.22. The topological polar surface area (TPSA) is 79.6 Å². The molecule has 1 saturated heterocycles. The van der Waals surface area contributed by atoms with Crippen LogP contribution >= 0.6 is 11.6 Å². The number of halogens is 1. The van der Waals surface area contributed by atoms with Gasteiger partial charge in [0.1, 0.15) is 11.1 Å². The third kappa shape index (κ3) is 3.61. The number of carbonyl (C=O) groups is 2. The molecule has 2 heterocycles. The number of carbonyl (C=O) groups excluding carboxylic acids is 2. The highest BCUT2D eigenvalue weighted by Gasteiger charge is 2.49. The molecule has 0 unspecified atom stereocenters. The van der Waals surface area contributed by atoms with Crippen LogP contribution in [0.4, 0.5) is 4.79 Å². The smallest absolute Gasteiger partial charge is 0.336 e. The van der Waals surface area contributed by atoms with Gasteiger partial charge in [-0.2, -0.15) is 0 Å². The van der Waals surface area contributed by atoms with Gasteiger partial charge in [-0.25, -0.2) is 9.59 Å². The van der Waals surface area contributed by atoms with E-state index in [1.165, 1.54) is 6.07 Å². The number of aryl methyl sites for hydroxylation is 1. The van der Waals surface area contributed by atoms with Gasteiger partial charge in [-0.1, -0.05) is 37.6 Å². The van der Waals surface area contributed by atoms with Gasteiger partial charge in [0.25, 0.3) is 5.91 Å². The lowest BCUT2D eigenvalue weighted by Crippen LogP contribution is -2.40. The average molecular weight is 439 g/mol. The van der Waals surface area contributed by atoms with Crippen molar-refractivity contribution in [3.05, 3.63) is 80.2 Å². The Morgan fingerprint density at radius 3 is 2.42 bits per heavy atom. The summed E-state index contributed by atoms with van der Waals surface area (Å²) < 4.78 is 5.39. The molecule has 3 aromatic rings. The van der Waals surface area contributed by atoms with Crippen molar-refractivity contribution in [1.82, 2.24) is 10.2 Å². The van der Waals surface area contributed by atoms with Crippen LogP contribution in [0.2, 0.25) is 5.02 Å². The maximum atomic E-state index is 13.3. The largest absolute Gasteiger partial charge is 0.423 e. The summed E-state index contributed by atoms with van der Waals surface area (Å²) in [6.45, 7) is 7.77. The van der Waals surface area contributed by atoms with Crippen molar-refractivity contribution in [2.45, 2.75) is 45.7 Å². The van der Waals surface area contributed by atoms with Crippen molar-refractivity contribution in [3.8, 4) is 0 Å². The number of benzene rings is 2. The minimum absolute atomic E-state index is 0.0312. The van der Waals surface area contributed by atoms with E-state index in [2.05, 4.69) is 19.2 Å². The molecule has 1 aliphatic rings. The minimum Gasteiger partial charge on any atom is -0.423 e. The Morgan fingerprint density at radius 1 is 1.10 bits per heavy atom. The zero-order chi connectivity index (χ0) is 22.5. The molecule has 2 aromatic carbocycles. The quantitative estimate of drug-likeness (QED) is 0.466. The highest BCUT2D eigenvalue weighted by atomic mass is 35.5. The molecule has 4 rings (SSSR count). The molecule has 1 atom stereocenters. The molecule has 7 heteroatoms. The number of hydrogen-bond donors (Lipinski definition) is 1. The zero-order valence-corrected chi connectivity index (χ0v) is 18.5. The van der Waals surface area contributed by atoms with Gasteiger partial charge in [-0.15, -0.1) is 0 Å². The fourth-order valence-electron chi connectivity index (χ4n) is 4.13. The maximum absolute atomic E-state index is 13.3. The molecule has 6 nitrogen and oxygen atoms in total. The predicted molar refractivity (Wildman–Crippen MR) is 119 cm³/mol. The number of hydrogen-bond acceptors (Lipinski definition) is 4. The van der Waals surface area contributed by atoms with Crippen LogP contribution in [0.5, 0.6) is 0 Å². The molecule has 0 saturated carbocycles. The van der Waals surface area contributed by atoms with E-state index < -0.39 is 23.1 Å². The summed E-state index contributed by atoms with van der Waals surface area (Å²) in [5.41, 5.74) is 2.05. The van der Waals surface area contributed by atoms with Gasteiger partial charge in [0.2, 0.25) is 0 Å². The summed E-state index contributed by atoms with van der Waals surface area (Å²) in [6.07, 6.45) is 0. The summed E-state index contributed by atoms with van der Waals surface area (Å²) in [4.78, 5) is 39.4. The number of nitrogens with one attached hydrogen (secondary N) is 1. The molecule has 160 valence electrons. The summed E-state index contributed by atoms with van der Waals surface area (Å²) in [7, 11) is 0. The molecule has 0 bridgehead atoms. The van der Waals surface area contributed by atoms with Gasteiger partial charge in [-0.05, 0) is 66.3 Å². The minimum atomic E-state index is -1.21. The van der Waals surface area contributed by atoms with Gasteiger partial charge in [-0.3, -0.25) is 9.69 Å². The third-order valence-corrected chi connectivity index (χ3v) is 6.12. The van der Waals surface area contributed by atoms with E-state index in [0.29, 0.717) is 21.7 Å². The molecule has 0 aliphatic carbocycles. The summed E-state index contributed by atoms with van der Waals surface area (Å²) >= 11 is 5.96. The highest BCUT2D eigenvalue weighted by Crippen LogP contribution is 2.32. The Kier molecular flexibility index (Phi) is 5.13. The first kappa shape index (κ1) is 21.1. The number of imide groups is 1. The molecule has 31 heavy (non-hydrogen) atoms. The average Bonchev–Trinajstić information content (AvgIpc) is 2.91. The Morgan fingerprint density at radius 2 is 1.77 bits per heavy atom. The summed E-state index contributed by atoms with van der Waals surface area (Å²) in [6, 6.07) is 11.4. The van der Waals surface area contributed by atoms with Crippen LogP contribution in [-0.4, -0.2) is 16.8 Å². The lowest BCUT2D eigenvalue weighted by molar-refractivity contribution is -0.131. The van der Waals surface area contributed by atoms with E-state index >= 15 is 0 Å². The van der Waals surface area contributed by atoms with Gasteiger partial charge < -0.3 is 9.73 Å². The predicted octanol–water partition coefficient (Wildman–Crippen LogP) is 4.85. The number of nitrogens with zero attached hydrogens (tertiary/aromatic N) is 1. The summed E-state index contributed by atoms with van der Waals surface area (Å²) in [5, 5.41) is 4.04. The van der Waals surface area contributed by atoms with E-state index in [1.807, 2.05) is 19.1 Å². The molecule has 1 aromatic heterocycles. The Balaban J connectivity index is 1.76. The van der Waals surface area contributed by atoms with E-state index in [-0.39, 0.29) is 12.5 Å². The molecular weight excluding hydrogens is 416 g/mol. The molecular formula is C24H23ClN2O4. The SMILES string of the molecule is Cc1cc2oc(=O)cc(CN3C(=O)N[C@](C)(c4ccc(Cl)cc4)C3=O)c2cc1C(C)C. The summed E-state index contributed by atoms with van der Waals surface area (Å²) in [5.74, 6) is -0.119. The molecule has 1 N–H and O–H groups in total. The first-order valence-electron chi connectivity index (χ1n) is 10.1. The fraction of sp³-hybridized carbons (Fsp3) is 0.292. The van der Waals surface area contributed by atoms with Gasteiger partial charge in [0.15, 0.2) is 0 Å². The highest BCUT2D eigenvalue weighted by molar-refractivity contribution is 6.30. The Bertz CT molecular complexity index is 1260. The van der Waals surface area contributed by atoms with E-state index in [1.54, 1.807) is 31.2 Å². The van der Waals surface area contributed by atoms with E-state index in [0.717, 1.165) is 21.4 Å². The van der Waals surface area contributed by atoms with Crippen LogP contribution in [0.1, 0.15) is 48.9 Å². The first-order chi connectivity index (χ1) is 14.6. The van der Waals surface area contributed by atoms with Crippen molar-refractivity contribution in [2.75, 3.05) is 0 Å². The van der Waals surface area contributed by atoms with Gasteiger partial charge in [0, 0.05) is 16.5 Å². The van der Waals surface area contributed by atoms with Crippen LogP contribution in [0, 0.1) is 6.92 Å². The van der Waals surface area contributed by atoms with Crippen LogP contribution < -0.4 is 10.9 Å². The van der Waals surface area contributed by atoms with E-state index in [9.17, 15) is 14.4 Å². The number of rotatable bonds is 4. The monoisotopic (exact) mass is 438 g/mol. The van der Waals surface area contributed by atoms with Crippen LogP contribution in [-0.2, 0) is 16.9 Å². The van der Waals surface area contributed by atoms with Crippen LogP contribution in [0.3, 0.4) is 0 Å². The standard InChI is InChI=1S/C24H23ClN2O4/c1-13(2)18-11-19-15(10-21(28)31-20(19)9-14(18)3)12-27-22(29)24(4,26-23(27)30)16-5-7-17(25)8-6-16/h5-11,13H,12H2,1-4H3,(H,26,30)/t24-/m1/s1. The van der Waals surface area contributed by atoms with Crippen molar-refractivity contribution in [3.63, 3.8) is 0 Å². The number of urea groups is 1. The van der Waals surface area contributed by atoms with Crippen molar-refractivity contribution in [1.29, 1.82) is 0 Å². The molecule has 0 radical (unpaired) electrons. The molecule has 0 spiro atoms. The fourth-order valence-corrected chi connectivity index (χ4v) is 4.26. The Hall–Kier alpha value is -3.12. The number of fused-ring (bicyclic) bond motifs is 1.